The molecule has 5 aliphatic heterocycles. The third kappa shape index (κ3) is 38.5. The van der Waals surface area contributed by atoms with Crippen molar-refractivity contribution in [3.8, 4) is 34.5 Å². The van der Waals surface area contributed by atoms with Crippen molar-refractivity contribution in [3.63, 3.8) is 0 Å². The van der Waals surface area contributed by atoms with Gasteiger partial charge in [0.25, 0.3) is 0 Å². The quantitative estimate of drug-likeness (QED) is 0.220. The lowest BCUT2D eigenvalue weighted by Crippen LogP contribution is -2.15. The first-order valence-electron chi connectivity index (χ1n) is 34.4. The molecule has 3 aromatic rings. The minimum absolute atomic E-state index is 0.272. The van der Waals surface area contributed by atoms with Crippen molar-refractivity contribution in [1.82, 2.24) is 0 Å². The topological polar surface area (TPSA) is 249 Å². The van der Waals surface area contributed by atoms with Crippen LogP contribution < -0.4 is 28.4 Å². The minimum Gasteiger partial charge on any atom is -0.487 e. The Hall–Kier alpha value is -1.42. The van der Waals surface area contributed by atoms with Crippen LogP contribution in [0.25, 0.3) is 0 Å². The predicted octanol–water partition coefficient (Wildman–Crippen LogP) is 9.78. The Kier molecular flexibility index (Phi) is 48.6. The second-order valence-electron chi connectivity index (χ2n) is 21.2. The maximum atomic E-state index is 6.62. The van der Waals surface area contributed by atoms with Gasteiger partial charge in [-0.2, -0.15) is 0 Å². The summed E-state index contributed by atoms with van der Waals surface area (Å²) in [5, 5.41) is 0. The zero-order valence-electron chi connectivity index (χ0n) is 57.8. The van der Waals surface area contributed by atoms with Crippen LogP contribution in [0.1, 0.15) is 0 Å². The molecular formula is C66H102O27P2S6. The highest BCUT2D eigenvalue weighted by Gasteiger charge is 2.32. The number of benzene rings is 3. The van der Waals surface area contributed by atoms with Crippen molar-refractivity contribution in [2.45, 2.75) is 29.4 Å². The number of ether oxygens (including phenoxy) is 27. The molecular weight excluding hydrogens is 1480 g/mol. The van der Waals surface area contributed by atoms with E-state index in [4.69, 9.17) is 128 Å². The molecule has 0 bridgehead atoms. The van der Waals surface area contributed by atoms with E-state index in [-0.39, 0.29) is 13.2 Å². The lowest BCUT2D eigenvalue weighted by molar-refractivity contribution is -0.0215. The molecule has 574 valence electrons. The number of rotatable bonds is 4. The molecule has 27 nitrogen and oxygen atoms in total. The molecule has 5 heterocycles. The SMILES string of the molecule is c1c2c(cc(SP3Sc4cc5c(cc4S3)OCCOCCOCCOCCOCCOCCOCCOCCO5)c1SP1Sc3cc4c(cc3S1)OCCOCCOCCOCCOCCOCCOCCOCCO4)OCCOCCOCCOCCOCCOCCOCCOCCO2. The van der Waals surface area contributed by atoms with E-state index in [9.17, 15) is 0 Å². The Morgan fingerprint density at radius 2 is 0.287 bits per heavy atom. The van der Waals surface area contributed by atoms with Gasteiger partial charge in [0, 0.05) is 29.4 Å². The molecule has 5 aliphatic rings. The van der Waals surface area contributed by atoms with E-state index in [0.717, 1.165) is 29.4 Å². The van der Waals surface area contributed by atoms with Gasteiger partial charge in [0.2, 0.25) is 0 Å². The summed E-state index contributed by atoms with van der Waals surface area (Å²) < 4.78 is 160. The highest BCUT2D eigenvalue weighted by atomic mass is 33.4. The maximum Gasteiger partial charge on any atom is 0.162 e. The second-order valence-corrected chi connectivity index (χ2v) is 39.8. The Morgan fingerprint density at radius 1 is 0.168 bits per heavy atom. The van der Waals surface area contributed by atoms with E-state index in [1.807, 2.05) is 68.3 Å². The van der Waals surface area contributed by atoms with Crippen molar-refractivity contribution in [2.75, 3.05) is 317 Å². The standard InChI is InChI=1S/C66H102O27P2S6/c1-7-70-13-19-76-25-31-82-37-43-88-55-49-61-62(50-56(55)89-44-38-83-32-26-77-20-14-71-8-2-67-1)97-94(96-61)100-65-53-59-60(93-48-42-87-36-30-81-24-18-75-12-6-69-5-11-74-17-23-80-29-35-86-41-47-92-59)54-66(65)101-95-98-63-51-57-58(52-64(63)99-95)91-46-40-85-34-28-79-22-16-73-10-4-68-3-9-72-15-21-78-27-33-84-39-45-90-57/h49-54H,1-48H2. The van der Waals surface area contributed by atoms with E-state index in [1.54, 1.807) is 0 Å². The predicted molar refractivity (Wildman–Crippen MR) is 388 cm³/mol. The van der Waals surface area contributed by atoms with E-state index in [0.29, 0.717) is 338 Å². The van der Waals surface area contributed by atoms with Gasteiger partial charge >= 0.3 is 0 Å². The normalized spacial score (nSPS) is 22.2. The monoisotopic (exact) mass is 1580 g/mol. The smallest absolute Gasteiger partial charge is 0.162 e. The molecule has 0 radical (unpaired) electrons. The Labute approximate surface area is 620 Å². The summed E-state index contributed by atoms with van der Waals surface area (Å²) >= 11 is 10.9. The summed E-state index contributed by atoms with van der Waals surface area (Å²) in [5.74, 6) is 3.68. The third-order valence-electron chi connectivity index (χ3n) is 13.7. The molecule has 35 heteroatoms. The van der Waals surface area contributed by atoms with Gasteiger partial charge in [0.05, 0.1) is 289 Å². The Morgan fingerprint density at radius 3 is 0.426 bits per heavy atom. The van der Waals surface area contributed by atoms with E-state index in [1.165, 1.54) is 0 Å². The fraction of sp³-hybridized carbons (Fsp3) is 0.727. The van der Waals surface area contributed by atoms with Crippen LogP contribution in [0.4, 0.5) is 0 Å². The number of hydrogen-bond donors (Lipinski definition) is 0. The molecule has 8 rings (SSSR count). The Bertz CT molecular complexity index is 2310. The van der Waals surface area contributed by atoms with Crippen LogP contribution in [0.2, 0.25) is 0 Å². The van der Waals surface area contributed by atoms with Crippen molar-refractivity contribution in [3.05, 3.63) is 36.4 Å². The van der Waals surface area contributed by atoms with E-state index >= 15 is 0 Å². The molecule has 0 atom stereocenters. The van der Waals surface area contributed by atoms with Crippen LogP contribution in [-0.4, -0.2) is 317 Å². The first kappa shape index (κ1) is 85.2. The van der Waals surface area contributed by atoms with Gasteiger partial charge in [-0.15, -0.1) is 0 Å². The van der Waals surface area contributed by atoms with Crippen molar-refractivity contribution < 1.29 is 128 Å². The highest BCUT2D eigenvalue weighted by Crippen LogP contribution is 2.85. The van der Waals surface area contributed by atoms with Crippen LogP contribution in [0.15, 0.2) is 65.8 Å². The molecule has 0 saturated carbocycles. The molecule has 0 N–H and O–H groups in total. The van der Waals surface area contributed by atoms with Gasteiger partial charge in [0.15, 0.2) is 34.5 Å². The zero-order valence-corrected chi connectivity index (χ0v) is 64.5. The molecule has 0 saturated heterocycles. The fourth-order valence-corrected chi connectivity index (χ4v) is 30.7. The molecule has 0 aromatic heterocycles. The summed E-state index contributed by atoms with van der Waals surface area (Å²) in [5.41, 5.74) is -1.75. The first-order chi connectivity index (χ1) is 50.2. The van der Waals surface area contributed by atoms with Crippen molar-refractivity contribution >= 4 is 79.3 Å². The van der Waals surface area contributed by atoms with Gasteiger partial charge < -0.3 is 128 Å². The maximum absolute atomic E-state index is 6.62. The van der Waals surface area contributed by atoms with Gasteiger partial charge in [-0.25, -0.2) is 0 Å². The van der Waals surface area contributed by atoms with Crippen molar-refractivity contribution in [2.24, 2.45) is 0 Å². The van der Waals surface area contributed by atoms with Gasteiger partial charge in [-0.1, -0.05) is 68.3 Å². The van der Waals surface area contributed by atoms with Crippen LogP contribution in [0, 0.1) is 0 Å². The molecule has 3 aromatic carbocycles. The van der Waals surface area contributed by atoms with Crippen LogP contribution >= 0.6 is 79.3 Å². The third-order valence-corrected chi connectivity index (χ3v) is 32.4. The van der Waals surface area contributed by atoms with Crippen LogP contribution in [0.5, 0.6) is 34.5 Å². The van der Waals surface area contributed by atoms with E-state index in [2.05, 4.69) is 36.4 Å². The average molecular weight is 1580 g/mol. The molecule has 0 aliphatic carbocycles. The van der Waals surface area contributed by atoms with E-state index < -0.39 is 11.1 Å². The molecule has 0 fully saturated rings. The lowest BCUT2D eigenvalue weighted by Gasteiger charge is -2.19. The van der Waals surface area contributed by atoms with Gasteiger partial charge in [-0.3, -0.25) is 0 Å². The summed E-state index contributed by atoms with van der Waals surface area (Å²) in [6, 6.07) is 12.5. The van der Waals surface area contributed by atoms with Crippen LogP contribution in [0.3, 0.4) is 0 Å². The zero-order chi connectivity index (χ0) is 69.6. The highest BCUT2D eigenvalue weighted by molar-refractivity contribution is 9.14. The molecule has 0 spiro atoms. The molecule has 0 unspecified atom stereocenters. The largest absolute Gasteiger partial charge is 0.487 e. The lowest BCUT2D eigenvalue weighted by atomic mass is 10.3. The average Bonchev–Trinajstić information content (AvgIpc) is 1.68. The summed E-state index contributed by atoms with van der Waals surface area (Å²) in [6.45, 7) is 20.1. The molecule has 0 amide bonds. The number of fused-ring (bicyclic) bond motifs is 5. The van der Waals surface area contributed by atoms with Crippen molar-refractivity contribution in [1.29, 1.82) is 0 Å². The fourth-order valence-electron chi connectivity index (χ4n) is 8.79. The Balaban J connectivity index is 0.973. The van der Waals surface area contributed by atoms with Crippen LogP contribution in [-0.2, 0) is 99.5 Å². The summed E-state index contributed by atoms with van der Waals surface area (Å²) in [4.78, 5) is 6.48. The minimum atomic E-state index is -0.873. The summed E-state index contributed by atoms with van der Waals surface area (Å²) in [6.07, 6.45) is 0. The van der Waals surface area contributed by atoms with Gasteiger partial charge in [0.1, 0.15) is 39.6 Å². The number of hydrogen-bond acceptors (Lipinski definition) is 33. The molecule has 101 heavy (non-hydrogen) atoms. The second kappa shape index (κ2) is 57.7. The first-order valence-corrected chi connectivity index (χ1v) is 45.6. The summed E-state index contributed by atoms with van der Waals surface area (Å²) in [7, 11) is 0. The van der Waals surface area contributed by atoms with Gasteiger partial charge in [-0.05, 0) is 36.4 Å².